The van der Waals surface area contributed by atoms with Crippen LogP contribution in [-0.4, -0.2) is 24.9 Å². The molecule has 0 aliphatic carbocycles. The Morgan fingerprint density at radius 1 is 1.40 bits per heavy atom. The lowest BCUT2D eigenvalue weighted by molar-refractivity contribution is 0.0514. The van der Waals surface area contributed by atoms with Crippen molar-refractivity contribution in [3.8, 4) is 0 Å². The Bertz CT molecular complexity index is 112. The third-order valence-electron chi connectivity index (χ3n) is 2.33. The summed E-state index contributed by atoms with van der Waals surface area (Å²) in [5.74, 6) is 0. The maximum atomic E-state index is 5.65. The third kappa shape index (κ3) is 0.956. The molecule has 2 heterocycles. The van der Waals surface area contributed by atoms with Crippen LogP contribution >= 0.6 is 0 Å². The normalized spacial score (nSPS) is 45.9. The first-order valence-electron chi connectivity index (χ1n) is 3.96. The minimum absolute atomic E-state index is 0.357. The van der Waals surface area contributed by atoms with Gasteiger partial charge in [0.05, 0.1) is 18.3 Å². The van der Waals surface area contributed by atoms with Gasteiger partial charge in [0.2, 0.25) is 0 Å². The molecule has 2 saturated heterocycles. The van der Waals surface area contributed by atoms with Crippen LogP contribution in [0.4, 0.5) is 0 Å². The highest BCUT2D eigenvalue weighted by Crippen LogP contribution is 2.30. The van der Waals surface area contributed by atoms with Crippen molar-refractivity contribution < 1.29 is 9.47 Å². The standard InChI is InChI=1S/C8H13O2/c1-2-6-5-8-7(10-6)3-4-9-8/h2,6-8H,3-5H2,1H3. The van der Waals surface area contributed by atoms with Crippen molar-refractivity contribution in [2.24, 2.45) is 0 Å². The number of rotatable bonds is 1. The van der Waals surface area contributed by atoms with Crippen molar-refractivity contribution in [2.75, 3.05) is 6.61 Å². The molecular formula is C8H13O2. The van der Waals surface area contributed by atoms with Crippen LogP contribution in [0.2, 0.25) is 0 Å². The lowest BCUT2D eigenvalue weighted by atomic mass is 10.1. The smallest absolute Gasteiger partial charge is 0.0863 e. The third-order valence-corrected chi connectivity index (χ3v) is 2.33. The summed E-state index contributed by atoms with van der Waals surface area (Å²) >= 11 is 0. The number of fused-ring (bicyclic) bond motifs is 1. The highest BCUT2D eigenvalue weighted by atomic mass is 16.6. The van der Waals surface area contributed by atoms with E-state index in [0.29, 0.717) is 18.3 Å². The molecule has 3 atom stereocenters. The molecule has 2 heteroatoms. The van der Waals surface area contributed by atoms with Gasteiger partial charge in [-0.1, -0.05) is 6.92 Å². The summed E-state index contributed by atoms with van der Waals surface area (Å²) < 4.78 is 11.1. The fraction of sp³-hybridized carbons (Fsp3) is 0.875. The lowest BCUT2D eigenvalue weighted by Gasteiger charge is -2.06. The van der Waals surface area contributed by atoms with Gasteiger partial charge >= 0.3 is 0 Å². The molecule has 10 heavy (non-hydrogen) atoms. The molecule has 0 aromatic carbocycles. The Morgan fingerprint density at radius 2 is 2.30 bits per heavy atom. The van der Waals surface area contributed by atoms with Crippen LogP contribution in [0.25, 0.3) is 0 Å². The molecule has 1 radical (unpaired) electrons. The van der Waals surface area contributed by atoms with Gasteiger partial charge in [0.25, 0.3) is 0 Å². The second-order valence-electron chi connectivity index (χ2n) is 2.98. The maximum absolute atomic E-state index is 5.65. The molecule has 2 aliphatic heterocycles. The fourth-order valence-corrected chi connectivity index (χ4v) is 1.73. The van der Waals surface area contributed by atoms with Crippen molar-refractivity contribution in [2.45, 2.75) is 38.1 Å². The van der Waals surface area contributed by atoms with Crippen LogP contribution < -0.4 is 0 Å². The highest BCUT2D eigenvalue weighted by molar-refractivity contribution is 4.91. The van der Waals surface area contributed by atoms with Crippen LogP contribution in [0.1, 0.15) is 19.8 Å². The van der Waals surface area contributed by atoms with Gasteiger partial charge in [0.15, 0.2) is 0 Å². The second-order valence-corrected chi connectivity index (χ2v) is 2.98. The van der Waals surface area contributed by atoms with Crippen molar-refractivity contribution in [1.82, 2.24) is 0 Å². The molecule has 2 aliphatic rings. The zero-order valence-corrected chi connectivity index (χ0v) is 6.25. The first-order chi connectivity index (χ1) is 4.90. The van der Waals surface area contributed by atoms with E-state index in [0.717, 1.165) is 19.4 Å². The van der Waals surface area contributed by atoms with E-state index in [-0.39, 0.29) is 0 Å². The van der Waals surface area contributed by atoms with Crippen molar-refractivity contribution >= 4 is 0 Å². The molecule has 0 bridgehead atoms. The zero-order chi connectivity index (χ0) is 6.97. The minimum Gasteiger partial charge on any atom is -0.375 e. The quantitative estimate of drug-likeness (QED) is 0.545. The maximum Gasteiger partial charge on any atom is 0.0863 e. The Labute approximate surface area is 61.5 Å². The molecule has 0 aromatic heterocycles. The molecule has 57 valence electrons. The van der Waals surface area contributed by atoms with Crippen LogP contribution in [0.3, 0.4) is 0 Å². The summed E-state index contributed by atoms with van der Waals surface area (Å²) in [5.41, 5.74) is 0. The van der Waals surface area contributed by atoms with Gasteiger partial charge in [-0.2, -0.15) is 0 Å². The van der Waals surface area contributed by atoms with Gasteiger partial charge in [-0.3, -0.25) is 0 Å². The van der Waals surface area contributed by atoms with Crippen LogP contribution in [0.5, 0.6) is 0 Å². The lowest BCUT2D eigenvalue weighted by Crippen LogP contribution is -2.13. The van der Waals surface area contributed by atoms with E-state index in [2.05, 4.69) is 6.42 Å². The van der Waals surface area contributed by atoms with Gasteiger partial charge < -0.3 is 9.47 Å². The molecular weight excluding hydrogens is 128 g/mol. The van der Waals surface area contributed by atoms with Gasteiger partial charge in [0, 0.05) is 13.0 Å². The Hall–Kier alpha value is -0.0800. The summed E-state index contributed by atoms with van der Waals surface area (Å²) in [4.78, 5) is 0. The largest absolute Gasteiger partial charge is 0.375 e. The van der Waals surface area contributed by atoms with Crippen molar-refractivity contribution in [1.29, 1.82) is 0 Å². The summed E-state index contributed by atoms with van der Waals surface area (Å²) in [7, 11) is 0. The summed E-state index contributed by atoms with van der Waals surface area (Å²) in [6, 6.07) is 0. The zero-order valence-electron chi connectivity index (χ0n) is 6.25. The van der Waals surface area contributed by atoms with Crippen molar-refractivity contribution in [3.05, 3.63) is 6.42 Å². The Balaban J connectivity index is 1.94. The number of hydrogen-bond acceptors (Lipinski definition) is 2. The number of ether oxygens (including phenoxy) is 2. The average Bonchev–Trinajstić information content (AvgIpc) is 2.42. The average molecular weight is 141 g/mol. The minimum atomic E-state index is 0.357. The highest BCUT2D eigenvalue weighted by Gasteiger charge is 2.38. The first-order valence-corrected chi connectivity index (χ1v) is 3.96. The summed E-state index contributed by atoms with van der Waals surface area (Å²) in [6.07, 6.45) is 5.44. The van der Waals surface area contributed by atoms with E-state index in [9.17, 15) is 0 Å². The first kappa shape index (κ1) is 6.62. The molecule has 0 N–H and O–H groups in total. The topological polar surface area (TPSA) is 18.5 Å². The predicted molar refractivity (Wildman–Crippen MR) is 37.6 cm³/mol. The molecule has 0 saturated carbocycles. The SMILES string of the molecule is C[CH]C1CC2OCCC2O1. The fourth-order valence-electron chi connectivity index (χ4n) is 1.73. The molecule has 3 unspecified atom stereocenters. The summed E-state index contributed by atoms with van der Waals surface area (Å²) in [5, 5.41) is 0. The molecule has 2 fully saturated rings. The van der Waals surface area contributed by atoms with Crippen LogP contribution in [0.15, 0.2) is 0 Å². The van der Waals surface area contributed by atoms with Crippen LogP contribution in [0, 0.1) is 6.42 Å². The van der Waals surface area contributed by atoms with Crippen LogP contribution in [-0.2, 0) is 9.47 Å². The van der Waals surface area contributed by atoms with Crippen molar-refractivity contribution in [3.63, 3.8) is 0 Å². The van der Waals surface area contributed by atoms with Gasteiger partial charge in [-0.15, -0.1) is 0 Å². The monoisotopic (exact) mass is 141 g/mol. The second kappa shape index (κ2) is 2.51. The predicted octanol–water partition coefficient (Wildman–Crippen LogP) is 1.16. The van der Waals surface area contributed by atoms with E-state index in [1.165, 1.54) is 0 Å². The van der Waals surface area contributed by atoms with Gasteiger partial charge in [0.1, 0.15) is 0 Å². The molecule has 0 spiro atoms. The molecule has 0 aromatic rings. The Morgan fingerprint density at radius 3 is 3.00 bits per heavy atom. The number of hydrogen-bond donors (Lipinski definition) is 0. The molecule has 2 nitrogen and oxygen atoms in total. The molecule has 0 amide bonds. The van der Waals surface area contributed by atoms with Gasteiger partial charge in [-0.05, 0) is 12.8 Å². The van der Waals surface area contributed by atoms with E-state index in [1.807, 2.05) is 6.92 Å². The van der Waals surface area contributed by atoms with E-state index in [4.69, 9.17) is 9.47 Å². The van der Waals surface area contributed by atoms with Gasteiger partial charge in [-0.25, -0.2) is 0 Å². The summed E-state index contributed by atoms with van der Waals surface area (Å²) in [6.45, 7) is 2.94. The van der Waals surface area contributed by atoms with E-state index < -0.39 is 0 Å². The molecule has 2 rings (SSSR count). The van der Waals surface area contributed by atoms with E-state index >= 15 is 0 Å². The van der Waals surface area contributed by atoms with E-state index in [1.54, 1.807) is 0 Å². The Kier molecular flexibility index (Phi) is 1.66.